The number of furan rings is 1. The van der Waals surface area contributed by atoms with Gasteiger partial charge in [-0.2, -0.15) is 0 Å². The molecule has 0 radical (unpaired) electrons. The summed E-state index contributed by atoms with van der Waals surface area (Å²) in [5.41, 5.74) is 1.36. The van der Waals surface area contributed by atoms with Gasteiger partial charge in [0, 0.05) is 18.2 Å². The van der Waals surface area contributed by atoms with Crippen LogP contribution in [0, 0.1) is 11.8 Å². The van der Waals surface area contributed by atoms with Gasteiger partial charge in [-0.1, -0.05) is 27.7 Å². The molecule has 1 aliphatic rings. The topological polar surface area (TPSA) is 28.4 Å². The van der Waals surface area contributed by atoms with Crippen LogP contribution in [0.3, 0.4) is 0 Å². The van der Waals surface area contributed by atoms with Gasteiger partial charge in [0.25, 0.3) is 0 Å². The van der Waals surface area contributed by atoms with Gasteiger partial charge in [0.1, 0.15) is 5.76 Å². The fraction of sp³-hybridized carbons (Fsp3) is 0.765. The molecule has 114 valence electrons. The minimum atomic E-state index is 0.678. The van der Waals surface area contributed by atoms with E-state index in [2.05, 4.69) is 44.0 Å². The number of hydrogen-bond donors (Lipinski definition) is 1. The summed E-state index contributed by atoms with van der Waals surface area (Å²) in [6.45, 7) is 13.3. The monoisotopic (exact) mass is 278 g/mol. The van der Waals surface area contributed by atoms with E-state index < -0.39 is 0 Å². The molecular formula is C17H30N2O. The Hall–Kier alpha value is -0.800. The second-order valence-electron chi connectivity index (χ2n) is 6.82. The van der Waals surface area contributed by atoms with Crippen molar-refractivity contribution in [3.63, 3.8) is 0 Å². The standard InChI is InChI=1S/C17H30N2O/c1-13(2)10-18-11-17-15(7-9-20-17)12-19-8-5-6-16(19)14(3)4/h7,9,13-14,16,18H,5-6,8,10-12H2,1-4H3. The summed E-state index contributed by atoms with van der Waals surface area (Å²) < 4.78 is 5.66. The fourth-order valence-corrected chi connectivity index (χ4v) is 3.16. The van der Waals surface area contributed by atoms with Gasteiger partial charge in [0.05, 0.1) is 12.8 Å². The van der Waals surface area contributed by atoms with E-state index in [0.29, 0.717) is 5.92 Å². The molecule has 3 heteroatoms. The molecule has 0 saturated carbocycles. The van der Waals surface area contributed by atoms with Gasteiger partial charge in [-0.25, -0.2) is 0 Å². The lowest BCUT2D eigenvalue weighted by molar-refractivity contribution is 0.197. The molecule has 0 aromatic carbocycles. The van der Waals surface area contributed by atoms with Gasteiger partial charge >= 0.3 is 0 Å². The van der Waals surface area contributed by atoms with Crippen molar-refractivity contribution in [3.8, 4) is 0 Å². The van der Waals surface area contributed by atoms with Gasteiger partial charge < -0.3 is 9.73 Å². The maximum atomic E-state index is 5.66. The van der Waals surface area contributed by atoms with Gasteiger partial charge in [-0.15, -0.1) is 0 Å². The van der Waals surface area contributed by atoms with Crippen LogP contribution in [0.5, 0.6) is 0 Å². The first-order valence-electron chi connectivity index (χ1n) is 8.08. The molecule has 1 aromatic heterocycles. The predicted molar refractivity (Wildman–Crippen MR) is 83.5 cm³/mol. The Kier molecular flexibility index (Phi) is 5.67. The van der Waals surface area contributed by atoms with Crippen molar-refractivity contribution in [1.29, 1.82) is 0 Å². The first kappa shape index (κ1) is 15.6. The second kappa shape index (κ2) is 7.28. The second-order valence-corrected chi connectivity index (χ2v) is 6.82. The largest absolute Gasteiger partial charge is 0.468 e. The fourth-order valence-electron chi connectivity index (χ4n) is 3.16. The maximum absolute atomic E-state index is 5.66. The molecule has 0 spiro atoms. The Bertz CT molecular complexity index is 397. The van der Waals surface area contributed by atoms with Gasteiger partial charge in [0.15, 0.2) is 0 Å². The summed E-state index contributed by atoms with van der Waals surface area (Å²) in [6, 6.07) is 2.88. The van der Waals surface area contributed by atoms with Crippen molar-refractivity contribution < 1.29 is 4.42 Å². The Morgan fingerprint density at radius 3 is 2.85 bits per heavy atom. The summed E-state index contributed by atoms with van der Waals surface area (Å²) in [5.74, 6) is 2.53. The van der Waals surface area contributed by atoms with Crippen molar-refractivity contribution in [3.05, 3.63) is 23.7 Å². The smallest absolute Gasteiger partial charge is 0.122 e. The van der Waals surface area contributed by atoms with Crippen molar-refractivity contribution in [2.75, 3.05) is 13.1 Å². The van der Waals surface area contributed by atoms with Crippen molar-refractivity contribution >= 4 is 0 Å². The highest BCUT2D eigenvalue weighted by Crippen LogP contribution is 2.26. The summed E-state index contributed by atoms with van der Waals surface area (Å²) in [7, 11) is 0. The minimum absolute atomic E-state index is 0.678. The molecule has 1 atom stereocenters. The summed E-state index contributed by atoms with van der Waals surface area (Å²) >= 11 is 0. The highest BCUT2D eigenvalue weighted by atomic mass is 16.3. The summed E-state index contributed by atoms with van der Waals surface area (Å²) in [4.78, 5) is 2.63. The average Bonchev–Trinajstić information content (AvgIpc) is 2.99. The van der Waals surface area contributed by atoms with Crippen molar-refractivity contribution in [1.82, 2.24) is 10.2 Å². The van der Waals surface area contributed by atoms with E-state index in [-0.39, 0.29) is 0 Å². The lowest BCUT2D eigenvalue weighted by Crippen LogP contribution is -2.33. The van der Waals surface area contributed by atoms with Crippen LogP contribution in [0.25, 0.3) is 0 Å². The molecule has 20 heavy (non-hydrogen) atoms. The predicted octanol–water partition coefficient (Wildman–Crippen LogP) is 3.65. The molecule has 1 fully saturated rings. The van der Waals surface area contributed by atoms with Gasteiger partial charge in [-0.05, 0) is 43.8 Å². The molecule has 0 bridgehead atoms. The molecule has 1 unspecified atom stereocenters. The van der Waals surface area contributed by atoms with E-state index in [4.69, 9.17) is 4.42 Å². The zero-order chi connectivity index (χ0) is 14.5. The molecule has 0 aliphatic carbocycles. The van der Waals surface area contributed by atoms with E-state index in [1.54, 1.807) is 0 Å². The first-order valence-corrected chi connectivity index (χ1v) is 8.08. The minimum Gasteiger partial charge on any atom is -0.468 e. The highest BCUT2D eigenvalue weighted by molar-refractivity contribution is 5.17. The molecule has 1 aliphatic heterocycles. The number of nitrogens with one attached hydrogen (secondary N) is 1. The highest BCUT2D eigenvalue weighted by Gasteiger charge is 2.27. The Morgan fingerprint density at radius 2 is 2.15 bits per heavy atom. The van der Waals surface area contributed by atoms with E-state index in [1.807, 2.05) is 6.26 Å². The molecule has 0 amide bonds. The molecule has 1 aromatic rings. The number of rotatable bonds is 7. The van der Waals surface area contributed by atoms with Gasteiger partial charge in [-0.3, -0.25) is 4.90 Å². The molecule has 2 rings (SSSR count). The third-order valence-electron chi connectivity index (χ3n) is 4.23. The first-order chi connectivity index (χ1) is 9.58. The van der Waals surface area contributed by atoms with Crippen LogP contribution in [-0.2, 0) is 13.1 Å². The SMILES string of the molecule is CC(C)CNCc1occc1CN1CCCC1C(C)C. The van der Waals surface area contributed by atoms with E-state index in [9.17, 15) is 0 Å². The van der Waals surface area contributed by atoms with Crippen molar-refractivity contribution in [2.45, 2.75) is 59.7 Å². The maximum Gasteiger partial charge on any atom is 0.122 e. The van der Waals surface area contributed by atoms with Crippen LogP contribution in [0.15, 0.2) is 16.7 Å². The summed E-state index contributed by atoms with van der Waals surface area (Å²) in [6.07, 6.45) is 4.51. The van der Waals surface area contributed by atoms with Crippen LogP contribution >= 0.6 is 0 Å². The zero-order valence-electron chi connectivity index (χ0n) is 13.5. The third kappa shape index (κ3) is 4.10. The molecule has 3 nitrogen and oxygen atoms in total. The van der Waals surface area contributed by atoms with Crippen molar-refractivity contribution in [2.24, 2.45) is 11.8 Å². The number of nitrogens with zero attached hydrogens (tertiary/aromatic N) is 1. The normalized spacial score (nSPS) is 20.4. The number of hydrogen-bond acceptors (Lipinski definition) is 3. The number of likely N-dealkylation sites (tertiary alicyclic amines) is 1. The Labute approximate surface area is 123 Å². The van der Waals surface area contributed by atoms with Crippen LogP contribution in [-0.4, -0.2) is 24.0 Å². The lowest BCUT2D eigenvalue weighted by atomic mass is 10.0. The molecular weight excluding hydrogens is 248 g/mol. The Morgan fingerprint density at radius 1 is 1.35 bits per heavy atom. The Balaban J connectivity index is 1.91. The zero-order valence-corrected chi connectivity index (χ0v) is 13.5. The quantitative estimate of drug-likeness (QED) is 0.825. The van der Waals surface area contributed by atoms with Gasteiger partial charge in [0.2, 0.25) is 0 Å². The van der Waals surface area contributed by atoms with Crippen LogP contribution in [0.2, 0.25) is 0 Å². The van der Waals surface area contributed by atoms with Crippen LogP contribution < -0.4 is 5.32 Å². The molecule has 1 saturated heterocycles. The van der Waals surface area contributed by atoms with Crippen LogP contribution in [0.1, 0.15) is 51.9 Å². The summed E-state index contributed by atoms with van der Waals surface area (Å²) in [5, 5.41) is 3.47. The third-order valence-corrected chi connectivity index (χ3v) is 4.23. The van der Waals surface area contributed by atoms with E-state index in [0.717, 1.165) is 37.4 Å². The van der Waals surface area contributed by atoms with Crippen LogP contribution in [0.4, 0.5) is 0 Å². The molecule has 1 N–H and O–H groups in total. The average molecular weight is 278 g/mol. The van der Waals surface area contributed by atoms with E-state index >= 15 is 0 Å². The molecule has 2 heterocycles. The lowest BCUT2D eigenvalue weighted by Gasteiger charge is -2.27. The van der Waals surface area contributed by atoms with E-state index in [1.165, 1.54) is 24.9 Å².